The summed E-state index contributed by atoms with van der Waals surface area (Å²) < 4.78 is 13.8. The van der Waals surface area contributed by atoms with E-state index in [1.165, 1.54) is 0 Å². The first kappa shape index (κ1) is 15.2. The van der Waals surface area contributed by atoms with E-state index >= 15 is 0 Å². The Bertz CT molecular complexity index is 230. The van der Waals surface area contributed by atoms with Gasteiger partial charge in [-0.3, -0.25) is 0 Å². The van der Waals surface area contributed by atoms with Gasteiger partial charge < -0.3 is 0 Å². The van der Waals surface area contributed by atoms with Crippen LogP contribution in [-0.2, 0) is 22.8 Å². The van der Waals surface area contributed by atoms with Gasteiger partial charge in [-0.2, -0.15) is 0 Å². The molecular weight excluding hydrogens is 419 g/mol. The second-order valence-corrected chi connectivity index (χ2v) is 6.09. The fourth-order valence-electron chi connectivity index (χ4n) is 0.417. The van der Waals surface area contributed by atoms with Crippen LogP contribution < -0.4 is 17.2 Å². The van der Waals surface area contributed by atoms with Crippen LogP contribution in [0.4, 0.5) is 0 Å². The fraction of sp³-hybridized carbons (Fsp3) is 0.500. The van der Waals surface area contributed by atoms with Gasteiger partial charge in [0.2, 0.25) is 0 Å². The molecule has 0 saturated heterocycles. The first-order valence-corrected chi connectivity index (χ1v) is 8.32. The molecule has 9 nitrogen and oxygen atoms in total. The summed E-state index contributed by atoms with van der Waals surface area (Å²) in [5, 5.41) is 0. The van der Waals surface area contributed by atoms with Crippen molar-refractivity contribution in [3.05, 3.63) is 0 Å². The van der Waals surface area contributed by atoms with Crippen LogP contribution in [0.3, 0.4) is 0 Å². The van der Waals surface area contributed by atoms with Crippen molar-refractivity contribution in [1.82, 2.24) is 0 Å². The molecule has 0 rings (SSSR count). The molecule has 0 aromatic rings. The number of hydrogen-bond acceptors (Lipinski definition) is 9. The molecule has 0 aromatic heterocycles. The van der Waals surface area contributed by atoms with E-state index in [2.05, 4.69) is 8.44 Å². The molecule has 0 aliphatic carbocycles. The molecule has 0 fully saturated rings. The summed E-state index contributed by atoms with van der Waals surface area (Å²) in [7, 11) is 0. The number of carbonyl (C=O) groups excluding carboxylic acids is 3. The molecule has 0 heterocycles. The van der Waals surface area contributed by atoms with Crippen molar-refractivity contribution in [2.24, 2.45) is 17.2 Å². The zero-order valence-electron chi connectivity index (χ0n) is 8.25. The first-order chi connectivity index (χ1) is 7.53. The summed E-state index contributed by atoms with van der Waals surface area (Å²) in [6, 6.07) is 0. The average Bonchev–Trinajstić information content (AvgIpc) is 2.28. The van der Waals surface area contributed by atoms with Gasteiger partial charge in [-0.05, 0) is 0 Å². The van der Waals surface area contributed by atoms with E-state index < -0.39 is 60.6 Å². The predicted octanol–water partition coefficient (Wildman–Crippen LogP) is -3.52. The van der Waals surface area contributed by atoms with Crippen molar-refractivity contribution in [2.75, 3.05) is 19.6 Å². The summed E-state index contributed by atoms with van der Waals surface area (Å²) in [4.78, 5) is 32.5. The van der Waals surface area contributed by atoms with Crippen LogP contribution in [0.15, 0.2) is 0 Å². The van der Waals surface area contributed by atoms with Crippen LogP contribution >= 0.6 is 0 Å². The second-order valence-electron chi connectivity index (χ2n) is 2.23. The third kappa shape index (κ3) is 6.62. The van der Waals surface area contributed by atoms with Crippen molar-refractivity contribution in [3.8, 4) is 0 Å². The van der Waals surface area contributed by atoms with Gasteiger partial charge in [0.05, 0.1) is 0 Å². The van der Waals surface area contributed by atoms with Crippen molar-refractivity contribution in [3.63, 3.8) is 0 Å². The van der Waals surface area contributed by atoms with Gasteiger partial charge in [0.25, 0.3) is 0 Å². The van der Waals surface area contributed by atoms with Gasteiger partial charge in [0.1, 0.15) is 0 Å². The minimum atomic E-state index is -3.92. The Morgan fingerprint density at radius 1 is 0.750 bits per heavy atom. The molecule has 0 saturated carbocycles. The molecule has 0 amide bonds. The number of nitrogens with two attached hydrogens (primary N) is 3. The van der Waals surface area contributed by atoms with Crippen LogP contribution in [0.2, 0.25) is 0 Å². The zero-order chi connectivity index (χ0) is 12.6. The molecule has 0 atom stereocenters. The first-order valence-electron chi connectivity index (χ1n) is 4.06. The monoisotopic (exact) mass is 431 g/mol. The van der Waals surface area contributed by atoms with Gasteiger partial charge >= 0.3 is 101 Å². The van der Waals surface area contributed by atoms with Gasteiger partial charge in [-0.15, -0.1) is 0 Å². The Morgan fingerprint density at radius 3 is 1.19 bits per heavy atom. The molecule has 0 aromatic carbocycles. The van der Waals surface area contributed by atoms with Gasteiger partial charge in [0.15, 0.2) is 0 Å². The topological polar surface area (TPSA) is 157 Å². The van der Waals surface area contributed by atoms with E-state index in [4.69, 9.17) is 17.2 Å². The van der Waals surface area contributed by atoms with Crippen LogP contribution in [0, 0.1) is 0 Å². The second kappa shape index (κ2) is 8.34. The van der Waals surface area contributed by atoms with Crippen LogP contribution in [0.25, 0.3) is 0 Å². The Morgan fingerprint density at radius 2 is 1.00 bits per heavy atom. The summed E-state index contributed by atoms with van der Waals surface area (Å²) >= 11 is -3.92. The molecule has 0 radical (unpaired) electrons. The summed E-state index contributed by atoms with van der Waals surface area (Å²) in [6.45, 7) is -1.23. The Balaban J connectivity index is 4.31. The van der Waals surface area contributed by atoms with Crippen molar-refractivity contribution >= 4 is 41.0 Å². The minimum absolute atomic E-state index is 0.411. The Hall–Kier alpha value is -0.827. The van der Waals surface area contributed by atoms with Crippen molar-refractivity contribution in [2.45, 2.75) is 0 Å². The van der Waals surface area contributed by atoms with Crippen LogP contribution in [0.5, 0.6) is 0 Å². The zero-order valence-corrected chi connectivity index (χ0v) is 11.7. The molecule has 10 heteroatoms. The van der Waals surface area contributed by atoms with Crippen LogP contribution in [-0.4, -0.2) is 60.6 Å². The quantitative estimate of drug-likeness (QED) is 0.363. The third-order valence-electron chi connectivity index (χ3n) is 1.03. The number of rotatable bonds is 6. The van der Waals surface area contributed by atoms with Crippen molar-refractivity contribution in [1.29, 1.82) is 0 Å². The third-order valence-corrected chi connectivity index (χ3v) is 5.14. The maximum absolute atomic E-state index is 10.8. The molecule has 0 aliphatic heterocycles. The Labute approximate surface area is 101 Å². The molecular formula is C6H12BiN3O6. The normalized spacial score (nSPS) is 9.75. The average molecular weight is 431 g/mol. The van der Waals surface area contributed by atoms with E-state index in [-0.39, 0.29) is 0 Å². The van der Waals surface area contributed by atoms with E-state index in [1.54, 1.807) is 0 Å². The molecule has 0 unspecified atom stereocenters. The van der Waals surface area contributed by atoms with Gasteiger partial charge in [0, 0.05) is 0 Å². The molecule has 92 valence electrons. The maximum atomic E-state index is 10.8. The SMILES string of the molecule is NCC(=O)[O][Bi]([O]C(=O)CN)[O]C(=O)CN. The molecule has 0 spiro atoms. The molecule has 0 bridgehead atoms. The fourth-order valence-corrected chi connectivity index (χ4v) is 3.66. The summed E-state index contributed by atoms with van der Waals surface area (Å²) in [5.74, 6) is -2.48. The van der Waals surface area contributed by atoms with Crippen molar-refractivity contribution < 1.29 is 22.8 Å². The summed E-state index contributed by atoms with van der Waals surface area (Å²) in [6.07, 6.45) is 0. The number of hydrogen-bond donors (Lipinski definition) is 3. The van der Waals surface area contributed by atoms with E-state index in [0.29, 0.717) is 0 Å². The van der Waals surface area contributed by atoms with E-state index in [9.17, 15) is 14.4 Å². The van der Waals surface area contributed by atoms with Crippen LogP contribution in [0.1, 0.15) is 0 Å². The van der Waals surface area contributed by atoms with Gasteiger partial charge in [-0.1, -0.05) is 0 Å². The Kier molecular flexibility index (Phi) is 7.91. The number of carbonyl (C=O) groups is 3. The van der Waals surface area contributed by atoms with Gasteiger partial charge in [-0.25, -0.2) is 0 Å². The molecule has 0 aliphatic rings. The van der Waals surface area contributed by atoms with E-state index in [1.807, 2.05) is 0 Å². The summed E-state index contributed by atoms with van der Waals surface area (Å²) in [5.41, 5.74) is 14.9. The molecule has 16 heavy (non-hydrogen) atoms. The standard InChI is InChI=1S/3C2H5NO2.Bi/c3*3-1-2(4)5;/h3*1,3H2,(H,4,5);/q;;;+3/p-3. The molecule has 6 N–H and O–H groups in total. The van der Waals surface area contributed by atoms with E-state index in [0.717, 1.165) is 0 Å². The predicted molar refractivity (Wildman–Crippen MR) is 51.2 cm³/mol.